The fourth-order valence-electron chi connectivity index (χ4n) is 1.68. The summed E-state index contributed by atoms with van der Waals surface area (Å²) in [7, 11) is 0. The molecule has 0 radical (unpaired) electrons. The van der Waals surface area contributed by atoms with Gasteiger partial charge in [-0.05, 0) is 24.3 Å². The van der Waals surface area contributed by atoms with Crippen LogP contribution in [0.1, 0.15) is 23.0 Å². The Morgan fingerprint density at radius 3 is 2.48 bits per heavy atom. The molecule has 0 bridgehead atoms. The summed E-state index contributed by atoms with van der Waals surface area (Å²) in [6.45, 7) is 1.24. The quantitative estimate of drug-likeness (QED) is 0.689. The third-order valence-corrected chi connectivity index (χ3v) is 2.55. The Hall–Kier alpha value is -2.84. The lowest BCUT2D eigenvalue weighted by Gasteiger charge is -2.03. The van der Waals surface area contributed by atoms with E-state index < -0.39 is 30.2 Å². The number of benzene rings is 1. The average Bonchev–Trinajstić information content (AvgIpc) is 2.83. The highest BCUT2D eigenvalue weighted by molar-refractivity contribution is 6.03. The first-order valence-corrected chi connectivity index (χ1v) is 6.35. The third-order valence-electron chi connectivity index (χ3n) is 2.55. The maximum absolute atomic E-state index is 12.2. The number of esters is 1. The zero-order valence-corrected chi connectivity index (χ0v) is 11.8. The fraction of sp³-hybridized carbons (Fsp3) is 0.214. The summed E-state index contributed by atoms with van der Waals surface area (Å²) in [6.07, 6.45) is -5.69. The fourth-order valence-corrected chi connectivity index (χ4v) is 1.68. The molecule has 23 heavy (non-hydrogen) atoms. The van der Waals surface area contributed by atoms with Gasteiger partial charge in [-0.25, -0.2) is 0 Å². The van der Waals surface area contributed by atoms with Crippen LogP contribution in [0.2, 0.25) is 0 Å². The third kappa shape index (κ3) is 5.13. The van der Waals surface area contributed by atoms with Crippen LogP contribution in [0, 0.1) is 0 Å². The van der Waals surface area contributed by atoms with E-state index >= 15 is 0 Å². The normalized spacial score (nSPS) is 11.1. The maximum Gasteiger partial charge on any atom is 0.396 e. The van der Waals surface area contributed by atoms with E-state index in [1.165, 1.54) is 31.2 Å². The van der Waals surface area contributed by atoms with Gasteiger partial charge < -0.3 is 14.6 Å². The molecule has 0 aliphatic rings. The van der Waals surface area contributed by atoms with Crippen molar-refractivity contribution in [3.05, 3.63) is 41.7 Å². The van der Waals surface area contributed by atoms with Gasteiger partial charge in [-0.1, -0.05) is 5.16 Å². The van der Waals surface area contributed by atoms with Gasteiger partial charge in [0.1, 0.15) is 17.9 Å². The number of nitrogens with zero attached hydrogens (tertiary/aromatic N) is 1. The Balaban J connectivity index is 2.00. The van der Waals surface area contributed by atoms with Gasteiger partial charge in [0.2, 0.25) is 0 Å². The van der Waals surface area contributed by atoms with E-state index in [0.29, 0.717) is 0 Å². The largest absolute Gasteiger partial charge is 0.427 e. The second kappa shape index (κ2) is 6.51. The topological polar surface area (TPSA) is 81.4 Å². The van der Waals surface area contributed by atoms with Gasteiger partial charge >= 0.3 is 12.1 Å². The number of hydrogen-bond acceptors (Lipinski definition) is 5. The number of amides is 1. The summed E-state index contributed by atoms with van der Waals surface area (Å²) in [5.41, 5.74) is 0.210. The van der Waals surface area contributed by atoms with E-state index in [0.717, 1.165) is 6.07 Å². The van der Waals surface area contributed by atoms with Gasteiger partial charge in [0.05, 0.1) is 0 Å². The van der Waals surface area contributed by atoms with Crippen LogP contribution >= 0.6 is 0 Å². The van der Waals surface area contributed by atoms with Gasteiger partial charge in [0.15, 0.2) is 5.82 Å². The molecule has 1 aromatic heterocycles. The van der Waals surface area contributed by atoms with Crippen LogP contribution in [0.4, 0.5) is 19.0 Å². The number of carbonyl (C=O) groups excluding carboxylic acids is 2. The standard InChI is InChI=1S/C14H11F3N2O4/c1-8(20)22-10-4-2-9(3-5-10)13(21)18-12-6-11(23-19-12)7-14(15,16)17/h2-6H,7H2,1H3,(H,18,19,21). The monoisotopic (exact) mass is 328 g/mol. The Morgan fingerprint density at radius 2 is 1.91 bits per heavy atom. The lowest BCUT2D eigenvalue weighted by Crippen LogP contribution is -2.12. The summed E-state index contributed by atoms with van der Waals surface area (Å²) in [4.78, 5) is 22.7. The first-order chi connectivity index (χ1) is 10.7. The van der Waals surface area contributed by atoms with E-state index in [4.69, 9.17) is 4.74 Å². The number of nitrogens with one attached hydrogen (secondary N) is 1. The molecule has 1 amide bonds. The van der Waals surface area contributed by atoms with Crippen molar-refractivity contribution in [3.8, 4) is 5.75 Å². The summed E-state index contributed by atoms with van der Waals surface area (Å²) < 4.78 is 45.9. The van der Waals surface area contributed by atoms with Crippen molar-refractivity contribution in [2.75, 3.05) is 5.32 Å². The summed E-state index contributed by atoms with van der Waals surface area (Å²) >= 11 is 0. The van der Waals surface area contributed by atoms with E-state index in [-0.39, 0.29) is 17.1 Å². The molecule has 122 valence electrons. The van der Waals surface area contributed by atoms with Gasteiger partial charge in [-0.15, -0.1) is 0 Å². The lowest BCUT2D eigenvalue weighted by molar-refractivity contribution is -0.132. The highest BCUT2D eigenvalue weighted by Crippen LogP contribution is 2.23. The summed E-state index contributed by atoms with van der Waals surface area (Å²) in [5, 5.41) is 5.65. The van der Waals surface area contributed by atoms with Gasteiger partial charge in [-0.2, -0.15) is 13.2 Å². The van der Waals surface area contributed by atoms with Crippen molar-refractivity contribution in [1.29, 1.82) is 0 Å². The number of alkyl halides is 3. The van der Waals surface area contributed by atoms with Gasteiger partial charge in [0.25, 0.3) is 5.91 Å². The number of hydrogen-bond donors (Lipinski definition) is 1. The van der Waals surface area contributed by atoms with Crippen LogP contribution in [0.25, 0.3) is 0 Å². The summed E-state index contributed by atoms with van der Waals surface area (Å²) in [5.74, 6) is -1.35. The molecule has 1 aromatic carbocycles. The molecule has 9 heteroatoms. The first kappa shape index (κ1) is 16.5. The number of ether oxygens (including phenoxy) is 1. The van der Waals surface area contributed by atoms with Crippen molar-refractivity contribution in [2.45, 2.75) is 19.5 Å². The predicted octanol–water partition coefficient (Wildman–Crippen LogP) is 2.96. The lowest BCUT2D eigenvalue weighted by atomic mass is 10.2. The molecule has 6 nitrogen and oxygen atoms in total. The molecule has 0 saturated carbocycles. The van der Waals surface area contributed by atoms with Crippen molar-refractivity contribution < 1.29 is 32.0 Å². The molecular weight excluding hydrogens is 317 g/mol. The molecule has 2 aromatic rings. The molecule has 0 aliphatic heterocycles. The van der Waals surface area contributed by atoms with Crippen molar-refractivity contribution in [3.63, 3.8) is 0 Å². The second-order valence-electron chi connectivity index (χ2n) is 4.54. The zero-order valence-electron chi connectivity index (χ0n) is 11.8. The van der Waals surface area contributed by atoms with Crippen molar-refractivity contribution >= 4 is 17.7 Å². The molecule has 0 atom stereocenters. The minimum atomic E-state index is -4.42. The van der Waals surface area contributed by atoms with Gasteiger partial charge in [0, 0.05) is 18.6 Å². The Kier molecular flexibility index (Phi) is 4.68. The van der Waals surface area contributed by atoms with E-state index in [1.54, 1.807) is 0 Å². The molecular formula is C14H11F3N2O4. The number of aromatic nitrogens is 1. The Labute approximate surface area is 128 Å². The minimum absolute atomic E-state index is 0.127. The number of halogens is 3. The molecule has 2 rings (SSSR count). The van der Waals surface area contributed by atoms with Gasteiger partial charge in [-0.3, -0.25) is 9.59 Å². The molecule has 1 N–H and O–H groups in total. The van der Waals surface area contributed by atoms with E-state index in [2.05, 4.69) is 15.0 Å². The van der Waals surface area contributed by atoms with Crippen LogP contribution in [0.15, 0.2) is 34.9 Å². The predicted molar refractivity (Wildman–Crippen MR) is 72.0 cm³/mol. The van der Waals surface area contributed by atoms with Crippen molar-refractivity contribution in [1.82, 2.24) is 5.16 Å². The Bertz CT molecular complexity index is 708. The van der Waals surface area contributed by atoms with E-state index in [1.807, 2.05) is 0 Å². The molecule has 0 fully saturated rings. The first-order valence-electron chi connectivity index (χ1n) is 6.35. The molecule has 1 heterocycles. The molecule has 0 aliphatic carbocycles. The Morgan fingerprint density at radius 1 is 1.26 bits per heavy atom. The zero-order chi connectivity index (χ0) is 17.0. The number of carbonyl (C=O) groups is 2. The number of anilines is 1. The van der Waals surface area contributed by atoms with Crippen LogP contribution < -0.4 is 10.1 Å². The number of rotatable bonds is 4. The van der Waals surface area contributed by atoms with Crippen LogP contribution in [0.3, 0.4) is 0 Å². The molecule has 0 saturated heterocycles. The minimum Gasteiger partial charge on any atom is -0.427 e. The molecule has 0 spiro atoms. The van der Waals surface area contributed by atoms with Crippen LogP contribution in [-0.4, -0.2) is 23.2 Å². The summed E-state index contributed by atoms with van der Waals surface area (Å²) in [6, 6.07) is 6.61. The highest BCUT2D eigenvalue weighted by atomic mass is 19.4. The second-order valence-corrected chi connectivity index (χ2v) is 4.54. The van der Waals surface area contributed by atoms with Crippen molar-refractivity contribution in [2.24, 2.45) is 0 Å². The van der Waals surface area contributed by atoms with E-state index in [9.17, 15) is 22.8 Å². The SMILES string of the molecule is CC(=O)Oc1ccc(C(=O)Nc2cc(CC(F)(F)F)on2)cc1. The highest BCUT2D eigenvalue weighted by Gasteiger charge is 2.30. The smallest absolute Gasteiger partial charge is 0.396 e. The van der Waals surface area contributed by atoms with Crippen LogP contribution in [-0.2, 0) is 11.2 Å². The molecule has 0 unspecified atom stereocenters. The maximum atomic E-state index is 12.2. The van der Waals surface area contributed by atoms with Crippen LogP contribution in [0.5, 0.6) is 5.75 Å². The average molecular weight is 328 g/mol.